The second-order valence-electron chi connectivity index (χ2n) is 5.59. The van der Waals surface area contributed by atoms with Crippen LogP contribution in [-0.2, 0) is 5.41 Å². The van der Waals surface area contributed by atoms with Gasteiger partial charge in [0.25, 0.3) is 0 Å². The van der Waals surface area contributed by atoms with Gasteiger partial charge in [0.05, 0.1) is 4.83 Å². The average Bonchev–Trinajstić information content (AvgIpc) is 2.87. The van der Waals surface area contributed by atoms with E-state index in [4.69, 9.17) is 0 Å². The van der Waals surface area contributed by atoms with Crippen LogP contribution in [-0.4, -0.2) is 6.26 Å². The van der Waals surface area contributed by atoms with E-state index in [0.717, 1.165) is 0 Å². The van der Waals surface area contributed by atoms with Crippen LogP contribution in [0.2, 0.25) is 0 Å². The lowest BCUT2D eigenvalue weighted by Gasteiger charge is -2.15. The normalized spacial score (nSPS) is 13.5. The average molecular weight is 355 g/mol. The fraction of sp³-hybridized carbons (Fsp3) is 0.375. The van der Waals surface area contributed by atoms with Gasteiger partial charge in [-0.05, 0) is 41.5 Å². The molecule has 1 heterocycles. The van der Waals surface area contributed by atoms with Crippen LogP contribution in [0, 0.1) is 0 Å². The Kier molecular flexibility index (Phi) is 4.80. The molecule has 0 spiro atoms. The van der Waals surface area contributed by atoms with Gasteiger partial charge in [-0.1, -0.05) is 48.8 Å². The van der Waals surface area contributed by atoms with Gasteiger partial charge in [0.1, 0.15) is 0 Å². The SMILES string of the molecule is CSc1ccc(C(Br)c2ccc(C(C)(C)C)s2)cc1. The largest absolute Gasteiger partial charge is 0.143 e. The molecule has 1 atom stereocenters. The number of rotatable bonds is 3. The molecule has 1 unspecified atom stereocenters. The summed E-state index contributed by atoms with van der Waals surface area (Å²) in [4.78, 5) is 4.42. The third-order valence-electron chi connectivity index (χ3n) is 3.02. The van der Waals surface area contributed by atoms with Gasteiger partial charge in [-0.15, -0.1) is 23.1 Å². The van der Waals surface area contributed by atoms with Crippen LogP contribution in [0.1, 0.15) is 40.9 Å². The molecule has 0 aliphatic carbocycles. The molecule has 0 N–H and O–H groups in total. The van der Waals surface area contributed by atoms with E-state index in [1.54, 1.807) is 11.8 Å². The molecule has 1 aromatic carbocycles. The van der Waals surface area contributed by atoms with Crippen molar-refractivity contribution in [2.24, 2.45) is 0 Å². The minimum Gasteiger partial charge on any atom is -0.143 e. The first-order valence-electron chi connectivity index (χ1n) is 6.30. The van der Waals surface area contributed by atoms with Gasteiger partial charge in [0.15, 0.2) is 0 Å². The van der Waals surface area contributed by atoms with Crippen LogP contribution < -0.4 is 0 Å². The summed E-state index contributed by atoms with van der Waals surface area (Å²) in [6.45, 7) is 6.79. The van der Waals surface area contributed by atoms with Crippen molar-refractivity contribution in [1.82, 2.24) is 0 Å². The molecular formula is C16H19BrS2. The topological polar surface area (TPSA) is 0 Å². The van der Waals surface area contributed by atoms with Crippen LogP contribution in [0.15, 0.2) is 41.3 Å². The predicted molar refractivity (Wildman–Crippen MR) is 92.0 cm³/mol. The summed E-state index contributed by atoms with van der Waals surface area (Å²) in [5.74, 6) is 0. The summed E-state index contributed by atoms with van der Waals surface area (Å²) in [5, 5.41) is 0. The van der Waals surface area contributed by atoms with Gasteiger partial charge >= 0.3 is 0 Å². The van der Waals surface area contributed by atoms with E-state index in [1.165, 1.54) is 20.2 Å². The summed E-state index contributed by atoms with van der Waals surface area (Å²) in [5.41, 5.74) is 1.55. The summed E-state index contributed by atoms with van der Waals surface area (Å²) < 4.78 is 0. The summed E-state index contributed by atoms with van der Waals surface area (Å²) in [7, 11) is 0. The Hall–Kier alpha value is -0.250. The molecule has 0 radical (unpaired) electrons. The van der Waals surface area contributed by atoms with E-state index in [1.807, 2.05) is 11.3 Å². The zero-order valence-electron chi connectivity index (χ0n) is 11.7. The Balaban J connectivity index is 2.23. The van der Waals surface area contributed by atoms with E-state index < -0.39 is 0 Å². The Labute approximate surface area is 132 Å². The second kappa shape index (κ2) is 6.02. The molecular weight excluding hydrogens is 336 g/mol. The van der Waals surface area contributed by atoms with Crippen molar-refractivity contribution in [2.45, 2.75) is 35.9 Å². The van der Waals surface area contributed by atoms with Crippen molar-refractivity contribution in [2.75, 3.05) is 6.26 Å². The lowest BCUT2D eigenvalue weighted by atomic mass is 9.95. The van der Waals surface area contributed by atoms with Crippen molar-refractivity contribution in [3.05, 3.63) is 51.7 Å². The lowest BCUT2D eigenvalue weighted by molar-refractivity contribution is 0.604. The van der Waals surface area contributed by atoms with E-state index in [2.05, 4.69) is 79.4 Å². The van der Waals surface area contributed by atoms with Crippen molar-refractivity contribution in [3.8, 4) is 0 Å². The van der Waals surface area contributed by atoms with Gasteiger partial charge in [-0.25, -0.2) is 0 Å². The minimum atomic E-state index is 0.234. The number of benzene rings is 1. The molecule has 0 bridgehead atoms. The number of halogens is 1. The Morgan fingerprint density at radius 2 is 1.68 bits per heavy atom. The fourth-order valence-electron chi connectivity index (χ4n) is 1.83. The van der Waals surface area contributed by atoms with Crippen LogP contribution in [0.3, 0.4) is 0 Å². The molecule has 0 amide bonds. The summed E-state index contributed by atoms with van der Waals surface area (Å²) >= 11 is 7.50. The highest BCUT2D eigenvalue weighted by Crippen LogP contribution is 2.39. The highest BCUT2D eigenvalue weighted by atomic mass is 79.9. The highest BCUT2D eigenvalue weighted by Gasteiger charge is 2.19. The fourth-order valence-corrected chi connectivity index (χ4v) is 4.05. The molecule has 0 fully saturated rings. The van der Waals surface area contributed by atoms with Crippen LogP contribution in [0.4, 0.5) is 0 Å². The van der Waals surface area contributed by atoms with E-state index >= 15 is 0 Å². The van der Waals surface area contributed by atoms with Gasteiger partial charge in [-0.2, -0.15) is 0 Å². The molecule has 0 aliphatic heterocycles. The lowest BCUT2D eigenvalue weighted by Crippen LogP contribution is -2.07. The molecule has 1 aromatic heterocycles. The molecule has 2 aromatic rings. The van der Waals surface area contributed by atoms with Gasteiger partial charge in [0.2, 0.25) is 0 Å². The number of thioether (sulfide) groups is 1. The first-order valence-corrected chi connectivity index (χ1v) is 9.26. The monoisotopic (exact) mass is 354 g/mol. The molecule has 0 nitrogen and oxygen atoms in total. The van der Waals surface area contributed by atoms with E-state index in [0.29, 0.717) is 4.83 Å². The molecule has 0 aliphatic rings. The smallest absolute Gasteiger partial charge is 0.0738 e. The maximum absolute atomic E-state index is 3.82. The number of hydrogen-bond acceptors (Lipinski definition) is 2. The van der Waals surface area contributed by atoms with Crippen molar-refractivity contribution < 1.29 is 0 Å². The first kappa shape index (κ1) is 15.1. The van der Waals surface area contributed by atoms with Crippen molar-refractivity contribution in [3.63, 3.8) is 0 Å². The van der Waals surface area contributed by atoms with Crippen LogP contribution in [0.5, 0.6) is 0 Å². The minimum absolute atomic E-state index is 0.234. The second-order valence-corrected chi connectivity index (χ2v) is 8.50. The quantitative estimate of drug-likeness (QED) is 0.463. The molecule has 2 rings (SSSR count). The Morgan fingerprint density at radius 3 is 2.16 bits per heavy atom. The maximum atomic E-state index is 3.82. The molecule has 102 valence electrons. The van der Waals surface area contributed by atoms with E-state index in [-0.39, 0.29) is 5.41 Å². The van der Waals surface area contributed by atoms with Gasteiger partial charge in [0, 0.05) is 14.6 Å². The molecule has 19 heavy (non-hydrogen) atoms. The van der Waals surface area contributed by atoms with Gasteiger partial charge in [-0.3, -0.25) is 0 Å². The van der Waals surface area contributed by atoms with Crippen LogP contribution in [0.25, 0.3) is 0 Å². The van der Waals surface area contributed by atoms with Crippen molar-refractivity contribution >= 4 is 39.0 Å². The number of thiophene rings is 1. The zero-order valence-corrected chi connectivity index (χ0v) is 15.0. The van der Waals surface area contributed by atoms with Crippen molar-refractivity contribution in [1.29, 1.82) is 0 Å². The Bertz CT molecular complexity index is 535. The first-order chi connectivity index (χ1) is 8.91. The molecule has 3 heteroatoms. The van der Waals surface area contributed by atoms with Gasteiger partial charge < -0.3 is 0 Å². The number of alkyl halides is 1. The highest BCUT2D eigenvalue weighted by molar-refractivity contribution is 9.09. The zero-order chi connectivity index (χ0) is 14.0. The summed E-state index contributed by atoms with van der Waals surface area (Å²) in [6.07, 6.45) is 2.11. The molecule has 0 saturated heterocycles. The summed E-state index contributed by atoms with van der Waals surface area (Å²) in [6, 6.07) is 13.3. The molecule has 0 saturated carbocycles. The van der Waals surface area contributed by atoms with Crippen LogP contribution >= 0.6 is 39.0 Å². The third-order valence-corrected chi connectivity index (χ3v) is 6.67. The standard InChI is InChI=1S/C16H19BrS2/c1-16(2,3)14-10-9-13(19-14)15(17)11-5-7-12(18-4)8-6-11/h5-10,15H,1-4H3. The third kappa shape index (κ3) is 3.65. The maximum Gasteiger partial charge on any atom is 0.0738 e. The predicted octanol–water partition coefficient (Wildman–Crippen LogP) is 6.25. The Morgan fingerprint density at radius 1 is 1.05 bits per heavy atom. The number of hydrogen-bond donors (Lipinski definition) is 0. The van der Waals surface area contributed by atoms with E-state index in [9.17, 15) is 0 Å².